The maximum Gasteiger partial charge on any atom is 0.274 e. The number of nitro benzene ring substituents is 1. The maximum atomic E-state index is 13.4. The number of halogens is 2. The van der Waals surface area contributed by atoms with Crippen LogP contribution in [0, 0.1) is 21.7 Å². The molecule has 2 aromatic rings. The van der Waals surface area contributed by atoms with Crippen molar-refractivity contribution in [1.29, 1.82) is 0 Å². The van der Waals surface area contributed by atoms with Crippen molar-refractivity contribution in [2.24, 2.45) is 0 Å². The first-order valence-corrected chi connectivity index (χ1v) is 5.49. The number of anilines is 1. The summed E-state index contributed by atoms with van der Waals surface area (Å²) in [4.78, 5) is 10.3. The van der Waals surface area contributed by atoms with E-state index in [2.05, 4.69) is 5.32 Å². The van der Waals surface area contributed by atoms with Crippen molar-refractivity contribution >= 4 is 11.4 Å². The molecule has 0 spiro atoms. The fourth-order valence-electron chi connectivity index (χ4n) is 1.66. The number of rotatable bonds is 4. The predicted molar refractivity (Wildman–Crippen MR) is 66.8 cm³/mol. The van der Waals surface area contributed by atoms with E-state index in [-0.39, 0.29) is 17.9 Å². The number of nitrogens with zero attached hydrogens (tertiary/aromatic N) is 1. The van der Waals surface area contributed by atoms with E-state index in [0.29, 0.717) is 5.56 Å². The molecule has 0 unspecified atom stereocenters. The van der Waals surface area contributed by atoms with Crippen molar-refractivity contribution in [2.75, 3.05) is 5.32 Å². The van der Waals surface area contributed by atoms with Crippen molar-refractivity contribution < 1.29 is 13.7 Å². The van der Waals surface area contributed by atoms with Crippen LogP contribution in [0.15, 0.2) is 42.5 Å². The summed E-state index contributed by atoms with van der Waals surface area (Å²) in [5.41, 5.74) is 0.480. The molecule has 0 aliphatic carbocycles. The molecule has 0 amide bonds. The third kappa shape index (κ3) is 3.04. The van der Waals surface area contributed by atoms with E-state index in [1.165, 1.54) is 12.1 Å². The number of benzene rings is 2. The van der Waals surface area contributed by atoms with Gasteiger partial charge in [-0.25, -0.2) is 8.78 Å². The van der Waals surface area contributed by atoms with Gasteiger partial charge < -0.3 is 5.32 Å². The molecule has 0 aliphatic rings. The second kappa shape index (κ2) is 5.43. The summed E-state index contributed by atoms with van der Waals surface area (Å²) in [5.74, 6) is -1.41. The minimum atomic E-state index is -0.737. The van der Waals surface area contributed by atoms with Crippen LogP contribution in [0.2, 0.25) is 0 Å². The summed E-state index contributed by atoms with van der Waals surface area (Å²) >= 11 is 0. The Balaban J connectivity index is 2.17. The van der Waals surface area contributed by atoms with Crippen LogP contribution in [0.1, 0.15) is 5.56 Å². The molecule has 0 radical (unpaired) electrons. The number of para-hydroxylation sites is 1. The van der Waals surface area contributed by atoms with Crippen LogP contribution in [0.3, 0.4) is 0 Å². The van der Waals surface area contributed by atoms with Gasteiger partial charge in [0.2, 0.25) is 0 Å². The lowest BCUT2D eigenvalue weighted by molar-refractivity contribution is -0.385. The molecule has 6 heteroatoms. The molecular weight excluding hydrogens is 254 g/mol. The quantitative estimate of drug-likeness (QED) is 0.679. The summed E-state index contributed by atoms with van der Waals surface area (Å²) in [7, 11) is 0. The van der Waals surface area contributed by atoms with E-state index in [0.717, 1.165) is 12.1 Å². The monoisotopic (exact) mass is 264 g/mol. The summed E-state index contributed by atoms with van der Waals surface area (Å²) in [5, 5.41) is 13.5. The zero-order valence-electron chi connectivity index (χ0n) is 9.77. The minimum Gasteiger partial charge on any atom is -0.378 e. The fraction of sp³-hybridized carbons (Fsp3) is 0.0769. The molecule has 0 bridgehead atoms. The fourth-order valence-corrected chi connectivity index (χ4v) is 1.66. The van der Waals surface area contributed by atoms with E-state index in [4.69, 9.17) is 0 Å². The molecule has 0 heterocycles. The average Bonchev–Trinajstić information content (AvgIpc) is 2.38. The highest BCUT2D eigenvalue weighted by Gasteiger charge is 2.12. The molecular formula is C13H10F2N2O2. The highest BCUT2D eigenvalue weighted by molar-refractivity contribution is 5.48. The maximum absolute atomic E-state index is 13.4. The van der Waals surface area contributed by atoms with Crippen molar-refractivity contribution in [3.05, 3.63) is 69.8 Å². The normalized spacial score (nSPS) is 10.2. The van der Waals surface area contributed by atoms with E-state index in [1.807, 2.05) is 0 Å². The highest BCUT2D eigenvalue weighted by Crippen LogP contribution is 2.20. The molecule has 0 fully saturated rings. The van der Waals surface area contributed by atoms with E-state index < -0.39 is 16.6 Å². The van der Waals surface area contributed by atoms with E-state index in [9.17, 15) is 18.9 Å². The van der Waals surface area contributed by atoms with Gasteiger partial charge in [0.15, 0.2) is 0 Å². The van der Waals surface area contributed by atoms with E-state index in [1.54, 1.807) is 18.2 Å². The van der Waals surface area contributed by atoms with Gasteiger partial charge in [-0.1, -0.05) is 18.2 Å². The summed E-state index contributed by atoms with van der Waals surface area (Å²) < 4.78 is 26.1. The van der Waals surface area contributed by atoms with Gasteiger partial charge >= 0.3 is 0 Å². The number of nitrogens with one attached hydrogen (secondary N) is 1. The first-order chi connectivity index (χ1) is 9.08. The van der Waals surface area contributed by atoms with Crippen LogP contribution in [0.25, 0.3) is 0 Å². The SMILES string of the molecule is O=[N+]([O-])c1ccccc1CNc1ccc(F)cc1F. The predicted octanol–water partition coefficient (Wildman–Crippen LogP) is 3.49. The van der Waals surface area contributed by atoms with Crippen molar-refractivity contribution in [3.8, 4) is 0 Å². The Morgan fingerprint density at radius 2 is 1.89 bits per heavy atom. The Morgan fingerprint density at radius 3 is 2.58 bits per heavy atom. The van der Waals surface area contributed by atoms with Crippen molar-refractivity contribution in [2.45, 2.75) is 6.54 Å². The number of hydrogen-bond acceptors (Lipinski definition) is 3. The highest BCUT2D eigenvalue weighted by atomic mass is 19.1. The van der Waals surface area contributed by atoms with Gasteiger partial charge in [-0.3, -0.25) is 10.1 Å². The van der Waals surface area contributed by atoms with Crippen LogP contribution < -0.4 is 5.32 Å². The second-order valence-electron chi connectivity index (χ2n) is 3.86. The second-order valence-corrected chi connectivity index (χ2v) is 3.86. The third-order valence-electron chi connectivity index (χ3n) is 2.59. The first-order valence-electron chi connectivity index (χ1n) is 5.49. The molecule has 98 valence electrons. The van der Waals surface area contributed by atoms with Crippen molar-refractivity contribution in [1.82, 2.24) is 0 Å². The molecule has 0 atom stereocenters. The van der Waals surface area contributed by atoms with Crippen LogP contribution >= 0.6 is 0 Å². The summed E-state index contributed by atoms with van der Waals surface area (Å²) in [6.45, 7) is 0.0830. The largest absolute Gasteiger partial charge is 0.378 e. The minimum absolute atomic E-state index is 0.0440. The van der Waals surface area contributed by atoms with Crippen LogP contribution in [-0.2, 0) is 6.54 Å². The number of hydrogen-bond donors (Lipinski definition) is 1. The lowest BCUT2D eigenvalue weighted by Crippen LogP contribution is -2.04. The zero-order chi connectivity index (χ0) is 13.8. The molecule has 0 saturated heterocycles. The Morgan fingerprint density at radius 1 is 1.16 bits per heavy atom. The molecule has 0 aliphatic heterocycles. The van der Waals surface area contributed by atoms with Gasteiger partial charge in [0, 0.05) is 24.2 Å². The van der Waals surface area contributed by atoms with Gasteiger partial charge in [0.25, 0.3) is 5.69 Å². The Bertz CT molecular complexity index is 617. The summed E-state index contributed by atoms with van der Waals surface area (Å²) in [6, 6.07) is 9.28. The first kappa shape index (κ1) is 12.9. The average molecular weight is 264 g/mol. The van der Waals surface area contributed by atoms with Crippen molar-refractivity contribution in [3.63, 3.8) is 0 Å². The third-order valence-corrected chi connectivity index (χ3v) is 2.59. The molecule has 2 aromatic carbocycles. The molecule has 0 aromatic heterocycles. The lowest BCUT2D eigenvalue weighted by atomic mass is 10.1. The Kier molecular flexibility index (Phi) is 3.70. The molecule has 0 saturated carbocycles. The standard InChI is InChI=1S/C13H10F2N2O2/c14-10-5-6-12(11(15)7-10)16-8-9-3-1-2-4-13(9)17(18)19/h1-7,16H,8H2. The van der Waals surface area contributed by atoms with Crippen LogP contribution in [0.5, 0.6) is 0 Å². The molecule has 19 heavy (non-hydrogen) atoms. The van der Waals surface area contributed by atoms with Gasteiger partial charge in [0.05, 0.1) is 10.6 Å². The van der Waals surface area contributed by atoms with Gasteiger partial charge in [0.1, 0.15) is 11.6 Å². The summed E-state index contributed by atoms with van der Waals surface area (Å²) in [6.07, 6.45) is 0. The smallest absolute Gasteiger partial charge is 0.274 e. The number of nitro groups is 1. The van der Waals surface area contributed by atoms with Crippen LogP contribution in [-0.4, -0.2) is 4.92 Å². The Labute approximate surface area is 107 Å². The van der Waals surface area contributed by atoms with Gasteiger partial charge in [-0.05, 0) is 12.1 Å². The van der Waals surface area contributed by atoms with E-state index >= 15 is 0 Å². The molecule has 2 rings (SSSR count). The lowest BCUT2D eigenvalue weighted by Gasteiger charge is -2.08. The molecule has 1 N–H and O–H groups in total. The van der Waals surface area contributed by atoms with Gasteiger partial charge in [-0.15, -0.1) is 0 Å². The molecule has 4 nitrogen and oxygen atoms in total. The Hall–Kier alpha value is -2.50. The van der Waals surface area contributed by atoms with Gasteiger partial charge in [-0.2, -0.15) is 0 Å². The zero-order valence-corrected chi connectivity index (χ0v) is 9.77. The topological polar surface area (TPSA) is 55.2 Å². The van der Waals surface area contributed by atoms with Crippen LogP contribution in [0.4, 0.5) is 20.2 Å².